The van der Waals surface area contributed by atoms with Crippen molar-refractivity contribution in [1.82, 2.24) is 0 Å². The van der Waals surface area contributed by atoms with E-state index in [2.05, 4.69) is 0 Å². The van der Waals surface area contributed by atoms with Crippen LogP contribution < -0.4 is 41.0 Å². The average Bonchev–Trinajstić information content (AvgIpc) is 1.54. The molecular weight excluding hydrogens is 345 g/mol. The topological polar surface area (TPSA) is 190 Å². The standard InChI is InChI=1S/Li.9O.3Ti.V/q+1;;;;6*-1;;;;. The van der Waals surface area contributed by atoms with Gasteiger partial charge < -0.3 is 0 Å². The molecule has 0 aromatic heterocycles. The van der Waals surface area contributed by atoms with Crippen LogP contribution in [-0.4, -0.2) is 0 Å². The fourth-order valence-corrected chi connectivity index (χ4v) is 0. The zero-order chi connectivity index (χ0) is 10.7. The summed E-state index contributed by atoms with van der Waals surface area (Å²) in [4.78, 5) is 0. The molecular formula is LiO9Ti3V-5. The molecule has 0 saturated heterocycles. The number of rotatable bonds is 0. The zero-order valence-electron chi connectivity index (χ0n) is 6.62. The van der Waals surface area contributed by atoms with Crippen LogP contribution in [0.15, 0.2) is 0 Å². The summed E-state index contributed by atoms with van der Waals surface area (Å²) in [5, 5.41) is 0. The van der Waals surface area contributed by atoms with Gasteiger partial charge in [0.15, 0.2) is 0 Å². The van der Waals surface area contributed by atoms with E-state index < -0.39 is 55.8 Å². The monoisotopic (exact) mass is 346 g/mol. The summed E-state index contributed by atoms with van der Waals surface area (Å²) in [6.45, 7) is 0. The molecule has 0 heterocycles. The van der Waals surface area contributed by atoms with Crippen LogP contribution in [0.25, 0.3) is 0 Å². The summed E-state index contributed by atoms with van der Waals surface area (Å²) in [6, 6.07) is 0. The summed E-state index contributed by atoms with van der Waals surface area (Å²) >= 11 is -12.2. The van der Waals surface area contributed by atoms with Crippen molar-refractivity contribution in [2.45, 2.75) is 0 Å². The summed E-state index contributed by atoms with van der Waals surface area (Å²) < 4.78 is 77.2. The maximum atomic E-state index is 8.58. The fourth-order valence-electron chi connectivity index (χ4n) is 0. The molecule has 14 heteroatoms. The van der Waals surface area contributed by atoms with Crippen molar-refractivity contribution in [1.29, 1.82) is 0 Å². The Bertz CT molecular complexity index is 118. The molecule has 0 N–H and O–H groups in total. The van der Waals surface area contributed by atoms with Crippen LogP contribution in [0.1, 0.15) is 0 Å². The molecule has 0 aromatic carbocycles. The molecule has 0 aromatic rings. The van der Waals surface area contributed by atoms with Crippen molar-refractivity contribution < 1.29 is 125 Å². The minimum Gasteiger partial charge on any atom is 0 e. The Hall–Kier alpha value is 2.48. The van der Waals surface area contributed by atoms with E-state index in [0.717, 1.165) is 0 Å². The fraction of sp³-hybridized carbons (Fsp3) is 0. The molecule has 0 unspecified atom stereocenters. The van der Waals surface area contributed by atoms with Gasteiger partial charge in [-0.05, 0) is 0 Å². The van der Waals surface area contributed by atoms with E-state index in [1.54, 1.807) is 0 Å². The van der Waals surface area contributed by atoms with Gasteiger partial charge in [-0.15, -0.1) is 0 Å². The quantitative estimate of drug-likeness (QED) is 0.383. The van der Waals surface area contributed by atoms with Gasteiger partial charge in [0.2, 0.25) is 0 Å². The predicted molar refractivity (Wildman–Crippen MR) is 2.06 cm³/mol. The smallest absolute Gasteiger partial charge is 0 e. The Balaban J connectivity index is -0.0000000270. The Morgan fingerprint density at radius 2 is 0.571 bits per heavy atom. The molecule has 1 radical (unpaired) electrons. The Morgan fingerprint density at radius 1 is 0.571 bits per heavy atom. The van der Waals surface area contributed by atoms with Gasteiger partial charge in [0.1, 0.15) is 0 Å². The van der Waals surface area contributed by atoms with E-state index in [1.165, 1.54) is 0 Å². The first-order chi connectivity index (χ1) is 5.20. The van der Waals surface area contributed by atoms with Crippen molar-refractivity contribution in [3.05, 3.63) is 0 Å². The van der Waals surface area contributed by atoms with Crippen LogP contribution in [-0.2, 0) is 84.4 Å². The Morgan fingerprint density at radius 3 is 0.571 bits per heavy atom. The summed E-state index contributed by atoms with van der Waals surface area (Å²) in [5.74, 6) is 0. The third kappa shape index (κ3) is 427. The molecule has 9 nitrogen and oxygen atoms in total. The molecule has 77 valence electrons. The zero-order valence-corrected chi connectivity index (χ0v) is 12.7. The van der Waals surface area contributed by atoms with Gasteiger partial charge in [0, 0.05) is 18.6 Å². The third-order valence-electron chi connectivity index (χ3n) is 0. The SMILES string of the molecule is [Li+].[O]=[Ti]([O-])[O-].[O]=[Ti]([O-])[O-].[O]=[Ti]([O-])[O-].[V]. The summed E-state index contributed by atoms with van der Waals surface area (Å²) in [7, 11) is 0. The summed E-state index contributed by atoms with van der Waals surface area (Å²) in [6.07, 6.45) is 0. The van der Waals surface area contributed by atoms with Gasteiger partial charge in [-0.25, -0.2) is 0 Å². The van der Waals surface area contributed by atoms with Crippen LogP contribution in [0, 0.1) is 0 Å². The first kappa shape index (κ1) is 30.0. The van der Waals surface area contributed by atoms with Crippen LogP contribution in [0.4, 0.5) is 0 Å². The number of hydrogen-bond acceptors (Lipinski definition) is 9. The van der Waals surface area contributed by atoms with Crippen LogP contribution in [0.5, 0.6) is 0 Å². The van der Waals surface area contributed by atoms with E-state index in [1.807, 2.05) is 0 Å². The van der Waals surface area contributed by atoms with Crippen LogP contribution in [0.2, 0.25) is 0 Å². The van der Waals surface area contributed by atoms with Crippen molar-refractivity contribution in [2.24, 2.45) is 0 Å². The van der Waals surface area contributed by atoms with Crippen LogP contribution >= 0.6 is 0 Å². The van der Waals surface area contributed by atoms with Crippen molar-refractivity contribution in [3.63, 3.8) is 0 Å². The van der Waals surface area contributed by atoms with Gasteiger partial charge in [0.25, 0.3) is 0 Å². The van der Waals surface area contributed by atoms with Gasteiger partial charge in [-0.1, -0.05) is 0 Å². The first-order valence-electron chi connectivity index (χ1n) is 1.84. The maximum Gasteiger partial charge on any atom is 0 e. The second kappa shape index (κ2) is 24.6. The van der Waals surface area contributed by atoms with Crippen molar-refractivity contribution in [2.75, 3.05) is 0 Å². The molecule has 0 atom stereocenters. The molecule has 0 saturated carbocycles. The van der Waals surface area contributed by atoms with Gasteiger partial charge >= 0.3 is 107 Å². The van der Waals surface area contributed by atoms with Gasteiger partial charge in [0.05, 0.1) is 0 Å². The third-order valence-corrected chi connectivity index (χ3v) is 0. The maximum absolute atomic E-state index is 8.58. The molecule has 0 amide bonds. The van der Waals surface area contributed by atoms with Gasteiger partial charge in [-0.3, -0.25) is 0 Å². The van der Waals surface area contributed by atoms with E-state index in [4.69, 9.17) is 32.1 Å². The number of hydrogen-bond donors (Lipinski definition) is 0. The molecule has 0 bridgehead atoms. The molecule has 0 aliphatic rings. The average molecular weight is 345 g/mol. The van der Waals surface area contributed by atoms with Crippen molar-refractivity contribution >= 4 is 0 Å². The molecule has 0 spiro atoms. The Labute approximate surface area is 124 Å². The van der Waals surface area contributed by atoms with E-state index in [-0.39, 0.29) is 37.4 Å². The molecule has 0 aliphatic heterocycles. The second-order valence-corrected chi connectivity index (χ2v) is 3.09. The Kier molecular flexibility index (Phi) is 52.7. The molecule has 0 rings (SSSR count). The van der Waals surface area contributed by atoms with E-state index >= 15 is 0 Å². The van der Waals surface area contributed by atoms with Gasteiger partial charge in [-0.2, -0.15) is 0 Å². The van der Waals surface area contributed by atoms with Crippen LogP contribution in [0.3, 0.4) is 0 Å². The van der Waals surface area contributed by atoms with Crippen molar-refractivity contribution in [3.8, 4) is 0 Å². The molecule has 0 fully saturated rings. The minimum absolute atomic E-state index is 0. The molecule has 0 aliphatic carbocycles. The normalized spacial score (nSPS) is 5.57. The first-order valence-corrected chi connectivity index (χ1v) is 7.57. The second-order valence-electron chi connectivity index (χ2n) is 0.750. The van der Waals surface area contributed by atoms with E-state index in [9.17, 15) is 0 Å². The largest absolute Gasteiger partial charge is 0 e. The summed E-state index contributed by atoms with van der Waals surface area (Å²) in [5.41, 5.74) is 0. The predicted octanol–water partition coefficient (Wildman–Crippen LogP) is -10.5. The van der Waals surface area contributed by atoms with E-state index in [0.29, 0.717) is 0 Å². The molecule has 14 heavy (non-hydrogen) atoms. The minimum atomic E-state index is -4.08.